The molecule has 1 aliphatic heterocycles. The van der Waals surface area contributed by atoms with Crippen molar-refractivity contribution in [2.45, 2.75) is 38.8 Å². The third-order valence-electron chi connectivity index (χ3n) is 2.41. The van der Waals surface area contributed by atoms with Gasteiger partial charge in [0.2, 0.25) is 0 Å². The van der Waals surface area contributed by atoms with Crippen molar-refractivity contribution in [3.63, 3.8) is 0 Å². The van der Waals surface area contributed by atoms with Gasteiger partial charge in [-0.2, -0.15) is 5.10 Å². The van der Waals surface area contributed by atoms with Crippen LogP contribution in [0.1, 0.15) is 33.2 Å². The van der Waals surface area contributed by atoms with Gasteiger partial charge in [0.1, 0.15) is 5.60 Å². The van der Waals surface area contributed by atoms with Crippen molar-refractivity contribution >= 4 is 0 Å². The second kappa shape index (κ2) is 3.85. The van der Waals surface area contributed by atoms with Crippen LogP contribution in [0.3, 0.4) is 0 Å². The third kappa shape index (κ3) is 2.72. The van der Waals surface area contributed by atoms with Gasteiger partial charge in [-0.1, -0.05) is 0 Å². The summed E-state index contributed by atoms with van der Waals surface area (Å²) in [5.74, 6) is 0.856. The van der Waals surface area contributed by atoms with Crippen molar-refractivity contribution in [3.05, 3.63) is 12.4 Å². The summed E-state index contributed by atoms with van der Waals surface area (Å²) in [4.78, 5) is 0. The first-order chi connectivity index (χ1) is 7.04. The first kappa shape index (κ1) is 10.5. The molecule has 2 heterocycles. The van der Waals surface area contributed by atoms with Crippen LogP contribution in [-0.2, 0) is 0 Å². The molecule has 0 bridgehead atoms. The zero-order chi connectivity index (χ0) is 10.9. The highest BCUT2D eigenvalue weighted by Gasteiger charge is 2.19. The number of nitrogens with one attached hydrogen (secondary N) is 1. The van der Waals surface area contributed by atoms with Gasteiger partial charge in [-0.25, -0.2) is 0 Å². The maximum Gasteiger partial charge on any atom is 0.157 e. The molecule has 1 aromatic rings. The van der Waals surface area contributed by atoms with Gasteiger partial charge in [0.25, 0.3) is 0 Å². The molecule has 84 valence electrons. The van der Waals surface area contributed by atoms with Gasteiger partial charge in [0, 0.05) is 6.54 Å². The summed E-state index contributed by atoms with van der Waals surface area (Å²) in [6.45, 7) is 8.22. The lowest BCUT2D eigenvalue weighted by atomic mass is 10.2. The summed E-state index contributed by atoms with van der Waals surface area (Å²) >= 11 is 0. The minimum atomic E-state index is -0.151. The Hall–Kier alpha value is -1.03. The predicted octanol–water partition coefficient (Wildman–Crippen LogP) is 1.59. The van der Waals surface area contributed by atoms with E-state index in [-0.39, 0.29) is 5.60 Å². The molecule has 1 aliphatic rings. The lowest BCUT2D eigenvalue weighted by Crippen LogP contribution is -2.22. The Labute approximate surface area is 90.6 Å². The van der Waals surface area contributed by atoms with Crippen LogP contribution < -0.4 is 10.1 Å². The fraction of sp³-hybridized carbons (Fsp3) is 0.727. The summed E-state index contributed by atoms with van der Waals surface area (Å²) in [7, 11) is 0. The van der Waals surface area contributed by atoms with E-state index in [2.05, 4.69) is 10.4 Å². The van der Waals surface area contributed by atoms with E-state index in [9.17, 15) is 0 Å². The van der Waals surface area contributed by atoms with Gasteiger partial charge in [-0.3, -0.25) is 4.68 Å². The zero-order valence-corrected chi connectivity index (χ0v) is 9.66. The van der Waals surface area contributed by atoms with Gasteiger partial charge in [-0.15, -0.1) is 0 Å². The Bertz CT molecular complexity index is 321. The van der Waals surface area contributed by atoms with Crippen LogP contribution in [0.15, 0.2) is 12.4 Å². The second-order valence-electron chi connectivity index (χ2n) is 5.02. The van der Waals surface area contributed by atoms with E-state index in [0.717, 1.165) is 25.3 Å². The van der Waals surface area contributed by atoms with Crippen molar-refractivity contribution in [2.75, 3.05) is 13.1 Å². The number of ether oxygens (including phenoxy) is 1. The lowest BCUT2D eigenvalue weighted by Gasteiger charge is -2.19. The summed E-state index contributed by atoms with van der Waals surface area (Å²) in [6.07, 6.45) is 4.93. The average Bonchev–Trinajstić information content (AvgIpc) is 2.68. The van der Waals surface area contributed by atoms with Gasteiger partial charge < -0.3 is 10.1 Å². The minimum Gasteiger partial charge on any atom is -0.485 e. The molecule has 4 heteroatoms. The van der Waals surface area contributed by atoms with E-state index >= 15 is 0 Å². The molecule has 15 heavy (non-hydrogen) atoms. The van der Waals surface area contributed by atoms with Gasteiger partial charge >= 0.3 is 0 Å². The van der Waals surface area contributed by atoms with Crippen LogP contribution >= 0.6 is 0 Å². The van der Waals surface area contributed by atoms with Crippen molar-refractivity contribution in [1.82, 2.24) is 15.1 Å². The van der Waals surface area contributed by atoms with Crippen LogP contribution in [-0.4, -0.2) is 28.5 Å². The van der Waals surface area contributed by atoms with Crippen molar-refractivity contribution in [3.8, 4) is 5.75 Å². The molecule has 1 atom stereocenters. The molecule has 1 unspecified atom stereocenters. The normalized spacial score (nSPS) is 21.9. The minimum absolute atomic E-state index is 0.151. The van der Waals surface area contributed by atoms with Crippen LogP contribution in [0.25, 0.3) is 0 Å². The lowest BCUT2D eigenvalue weighted by molar-refractivity contribution is 0.130. The fourth-order valence-electron chi connectivity index (χ4n) is 1.79. The SMILES string of the molecule is CC(C)(C)Oc1cnn(C2CCNC2)c1. The largest absolute Gasteiger partial charge is 0.485 e. The van der Waals surface area contributed by atoms with E-state index in [1.54, 1.807) is 6.20 Å². The molecule has 1 aromatic heterocycles. The number of aromatic nitrogens is 2. The van der Waals surface area contributed by atoms with Crippen LogP contribution in [0.5, 0.6) is 5.75 Å². The zero-order valence-electron chi connectivity index (χ0n) is 9.66. The smallest absolute Gasteiger partial charge is 0.157 e. The topological polar surface area (TPSA) is 39.1 Å². The molecule has 0 spiro atoms. The van der Waals surface area contributed by atoms with Crippen LogP contribution in [0, 0.1) is 0 Å². The first-order valence-corrected chi connectivity index (χ1v) is 5.48. The summed E-state index contributed by atoms with van der Waals surface area (Å²) in [5.41, 5.74) is -0.151. The predicted molar refractivity (Wildman–Crippen MR) is 59.1 cm³/mol. The quantitative estimate of drug-likeness (QED) is 0.804. The standard InChI is InChI=1S/C11H19N3O/c1-11(2,3)15-10-7-13-14(8-10)9-4-5-12-6-9/h7-9,12H,4-6H2,1-3H3. The molecule has 4 nitrogen and oxygen atoms in total. The molecule has 0 amide bonds. The summed E-state index contributed by atoms with van der Waals surface area (Å²) in [5, 5.41) is 7.66. The Kier molecular flexibility index (Phi) is 2.69. The molecular weight excluding hydrogens is 190 g/mol. The van der Waals surface area contributed by atoms with E-state index < -0.39 is 0 Å². The number of hydrogen-bond donors (Lipinski definition) is 1. The first-order valence-electron chi connectivity index (χ1n) is 5.48. The van der Waals surface area contributed by atoms with Gasteiger partial charge in [-0.05, 0) is 33.7 Å². The maximum absolute atomic E-state index is 5.74. The highest BCUT2D eigenvalue weighted by atomic mass is 16.5. The summed E-state index contributed by atoms with van der Waals surface area (Å²) < 4.78 is 7.74. The van der Waals surface area contributed by atoms with E-state index in [4.69, 9.17) is 4.74 Å². The van der Waals surface area contributed by atoms with Crippen molar-refractivity contribution in [2.24, 2.45) is 0 Å². The number of nitrogens with zero attached hydrogens (tertiary/aromatic N) is 2. The molecule has 0 radical (unpaired) electrons. The molecule has 1 N–H and O–H groups in total. The van der Waals surface area contributed by atoms with Gasteiger partial charge in [0.05, 0.1) is 18.4 Å². The highest BCUT2D eigenvalue weighted by Crippen LogP contribution is 2.21. The van der Waals surface area contributed by atoms with Crippen LogP contribution in [0.2, 0.25) is 0 Å². The van der Waals surface area contributed by atoms with E-state index in [0.29, 0.717) is 6.04 Å². The van der Waals surface area contributed by atoms with E-state index in [1.165, 1.54) is 0 Å². The number of rotatable bonds is 2. The average molecular weight is 209 g/mol. The monoisotopic (exact) mass is 209 g/mol. The summed E-state index contributed by atoms with van der Waals surface area (Å²) in [6, 6.07) is 0.488. The molecule has 0 saturated carbocycles. The molecule has 1 saturated heterocycles. The van der Waals surface area contributed by atoms with Crippen molar-refractivity contribution < 1.29 is 4.74 Å². The van der Waals surface area contributed by atoms with Gasteiger partial charge in [0.15, 0.2) is 5.75 Å². The Balaban J connectivity index is 2.03. The molecule has 1 fully saturated rings. The van der Waals surface area contributed by atoms with Crippen molar-refractivity contribution in [1.29, 1.82) is 0 Å². The third-order valence-corrected chi connectivity index (χ3v) is 2.41. The highest BCUT2D eigenvalue weighted by molar-refractivity contribution is 5.13. The fourth-order valence-corrected chi connectivity index (χ4v) is 1.79. The van der Waals surface area contributed by atoms with E-state index in [1.807, 2.05) is 31.6 Å². The molecular formula is C11H19N3O. The molecule has 0 aromatic carbocycles. The Morgan fingerprint density at radius 2 is 2.33 bits per heavy atom. The molecule has 2 rings (SSSR count). The molecule has 0 aliphatic carbocycles. The maximum atomic E-state index is 5.74. The van der Waals surface area contributed by atoms with Crippen LogP contribution in [0.4, 0.5) is 0 Å². The number of hydrogen-bond acceptors (Lipinski definition) is 3. The second-order valence-corrected chi connectivity index (χ2v) is 5.02. The Morgan fingerprint density at radius 1 is 1.53 bits per heavy atom. The Morgan fingerprint density at radius 3 is 2.93 bits per heavy atom.